The number of ether oxygens (including phenoxy) is 4. The molecule has 0 rings (SSSR count). The Morgan fingerprint density at radius 1 is 0.536 bits per heavy atom. The molecule has 0 fully saturated rings. The molecule has 0 spiro atoms. The average molecular weight is 402 g/mol. The molecule has 162 valence electrons. The molecule has 0 amide bonds. The number of carbonyl (C=O) groups is 4. The van der Waals surface area contributed by atoms with Crippen molar-refractivity contribution in [3.63, 3.8) is 0 Å². The van der Waals surface area contributed by atoms with E-state index in [4.69, 9.17) is 18.9 Å². The van der Waals surface area contributed by atoms with Gasteiger partial charge >= 0.3 is 23.9 Å². The van der Waals surface area contributed by atoms with E-state index in [0.29, 0.717) is 19.3 Å². The monoisotopic (exact) mass is 402 g/mol. The van der Waals surface area contributed by atoms with Gasteiger partial charge in [0.1, 0.15) is 31.8 Å². The van der Waals surface area contributed by atoms with E-state index in [0.717, 1.165) is 0 Å². The summed E-state index contributed by atoms with van der Waals surface area (Å²) in [4.78, 5) is 47.1. The van der Waals surface area contributed by atoms with Crippen LogP contribution in [0.15, 0.2) is 0 Å². The van der Waals surface area contributed by atoms with E-state index in [1.54, 1.807) is 6.92 Å². The number of hydrogen-bond acceptors (Lipinski definition) is 8. The van der Waals surface area contributed by atoms with Crippen molar-refractivity contribution in [2.24, 2.45) is 5.41 Å². The van der Waals surface area contributed by atoms with Gasteiger partial charge in [-0.2, -0.15) is 0 Å². The fourth-order valence-electron chi connectivity index (χ4n) is 2.12. The van der Waals surface area contributed by atoms with Crippen LogP contribution in [-0.4, -0.2) is 50.3 Å². The lowest BCUT2D eigenvalue weighted by molar-refractivity contribution is -0.170. The van der Waals surface area contributed by atoms with Crippen molar-refractivity contribution in [3.05, 3.63) is 0 Å². The number of carbonyl (C=O) groups excluding carboxylic acids is 4. The molecule has 0 aliphatic carbocycles. The highest BCUT2D eigenvalue weighted by molar-refractivity contribution is 5.71. The molecule has 0 atom stereocenters. The molecule has 0 radical (unpaired) electrons. The fraction of sp³-hybridized carbons (Fsp3) is 0.800. The molecule has 0 unspecified atom stereocenters. The molecule has 0 saturated carbocycles. The maximum Gasteiger partial charge on any atom is 0.305 e. The Morgan fingerprint density at radius 3 is 1.07 bits per heavy atom. The fourth-order valence-corrected chi connectivity index (χ4v) is 2.12. The van der Waals surface area contributed by atoms with Gasteiger partial charge in [0.2, 0.25) is 0 Å². The molecule has 8 nitrogen and oxygen atoms in total. The zero-order valence-corrected chi connectivity index (χ0v) is 17.5. The highest BCUT2D eigenvalue weighted by atomic mass is 16.6. The van der Waals surface area contributed by atoms with Crippen molar-refractivity contribution >= 4 is 23.9 Å². The number of hydrogen-bond donors (Lipinski definition) is 0. The summed E-state index contributed by atoms with van der Waals surface area (Å²) < 4.78 is 21.1. The third kappa shape index (κ3) is 11.6. The topological polar surface area (TPSA) is 105 Å². The molecule has 0 heterocycles. The van der Waals surface area contributed by atoms with Gasteiger partial charge in [-0.3, -0.25) is 19.2 Å². The Labute approximate surface area is 167 Å². The van der Waals surface area contributed by atoms with E-state index in [9.17, 15) is 19.2 Å². The second kappa shape index (κ2) is 14.9. The van der Waals surface area contributed by atoms with Gasteiger partial charge in [-0.05, 0) is 19.3 Å². The SMILES string of the molecule is CCCC(=O)OCC(COC(=O)CC)(COC(=O)CCC)COC(=O)CCC. The molecule has 0 saturated heterocycles. The Balaban J connectivity index is 5.32. The van der Waals surface area contributed by atoms with Gasteiger partial charge in [-0.1, -0.05) is 27.7 Å². The standard InChI is InChI=1S/C20H34O8/c1-5-9-17(22)26-13-20(12-25-16(21)8-4,14-27-18(23)10-6-2)15-28-19(24)11-7-3/h5-15H2,1-4H3. The summed E-state index contributed by atoms with van der Waals surface area (Å²) in [5.41, 5.74) is -1.15. The van der Waals surface area contributed by atoms with Crippen LogP contribution in [0, 0.1) is 5.41 Å². The second-order valence-corrected chi connectivity index (χ2v) is 6.75. The molecule has 0 aromatic carbocycles. The van der Waals surface area contributed by atoms with Gasteiger partial charge in [0, 0.05) is 25.7 Å². The Kier molecular flexibility index (Phi) is 13.8. The molecule has 0 aliphatic heterocycles. The van der Waals surface area contributed by atoms with E-state index in [-0.39, 0.29) is 52.1 Å². The zero-order chi connectivity index (χ0) is 21.4. The van der Waals surface area contributed by atoms with Gasteiger partial charge in [0.25, 0.3) is 0 Å². The largest absolute Gasteiger partial charge is 0.465 e. The van der Waals surface area contributed by atoms with Crippen LogP contribution in [0.25, 0.3) is 0 Å². The van der Waals surface area contributed by atoms with Gasteiger partial charge in [-0.15, -0.1) is 0 Å². The molecule has 0 N–H and O–H groups in total. The first kappa shape index (κ1) is 25.9. The van der Waals surface area contributed by atoms with Crippen LogP contribution in [0.2, 0.25) is 0 Å². The summed E-state index contributed by atoms with van der Waals surface area (Å²) in [6.45, 7) is 6.40. The van der Waals surface area contributed by atoms with Crippen molar-refractivity contribution in [3.8, 4) is 0 Å². The van der Waals surface area contributed by atoms with Crippen molar-refractivity contribution in [1.82, 2.24) is 0 Å². The van der Waals surface area contributed by atoms with Crippen molar-refractivity contribution in [2.45, 2.75) is 72.6 Å². The van der Waals surface area contributed by atoms with E-state index >= 15 is 0 Å². The lowest BCUT2D eigenvalue weighted by Crippen LogP contribution is -2.44. The van der Waals surface area contributed by atoms with Crippen molar-refractivity contribution in [2.75, 3.05) is 26.4 Å². The third-order valence-electron chi connectivity index (χ3n) is 3.81. The Bertz CT molecular complexity index is 445. The summed E-state index contributed by atoms with van der Waals surface area (Å²) in [5.74, 6) is -1.72. The van der Waals surface area contributed by atoms with Crippen LogP contribution < -0.4 is 0 Å². The summed E-state index contributed by atoms with van der Waals surface area (Å²) >= 11 is 0. The van der Waals surface area contributed by atoms with E-state index < -0.39 is 29.3 Å². The summed E-state index contributed by atoms with van der Waals surface area (Å²) in [6, 6.07) is 0. The van der Waals surface area contributed by atoms with Crippen LogP contribution in [0.5, 0.6) is 0 Å². The summed E-state index contributed by atoms with van der Waals surface area (Å²) in [6.07, 6.45) is 2.72. The van der Waals surface area contributed by atoms with Gasteiger partial charge in [-0.25, -0.2) is 0 Å². The molecule has 8 heteroatoms. The number of esters is 4. The first-order valence-electron chi connectivity index (χ1n) is 9.94. The van der Waals surface area contributed by atoms with E-state index in [1.165, 1.54) is 0 Å². The number of rotatable bonds is 15. The summed E-state index contributed by atoms with van der Waals surface area (Å²) in [5, 5.41) is 0. The van der Waals surface area contributed by atoms with E-state index in [2.05, 4.69) is 0 Å². The smallest absolute Gasteiger partial charge is 0.305 e. The predicted molar refractivity (Wildman–Crippen MR) is 101 cm³/mol. The average Bonchev–Trinajstić information content (AvgIpc) is 2.67. The van der Waals surface area contributed by atoms with Gasteiger partial charge in [0.15, 0.2) is 0 Å². The maximum absolute atomic E-state index is 11.8. The minimum Gasteiger partial charge on any atom is -0.465 e. The Morgan fingerprint density at radius 2 is 0.821 bits per heavy atom. The molecule has 0 aliphatic rings. The van der Waals surface area contributed by atoms with Gasteiger partial charge in [0.05, 0.1) is 0 Å². The normalized spacial score (nSPS) is 10.9. The molecule has 0 aromatic rings. The first-order valence-corrected chi connectivity index (χ1v) is 9.94. The van der Waals surface area contributed by atoms with Crippen molar-refractivity contribution < 1.29 is 38.1 Å². The molecular weight excluding hydrogens is 368 g/mol. The third-order valence-corrected chi connectivity index (χ3v) is 3.81. The minimum absolute atomic E-state index is 0.164. The quantitative estimate of drug-likeness (QED) is 0.304. The van der Waals surface area contributed by atoms with Crippen LogP contribution in [0.1, 0.15) is 72.6 Å². The van der Waals surface area contributed by atoms with E-state index in [1.807, 2.05) is 20.8 Å². The minimum atomic E-state index is -1.15. The Hall–Kier alpha value is -2.12. The maximum atomic E-state index is 11.8. The molecular formula is C20H34O8. The van der Waals surface area contributed by atoms with Gasteiger partial charge < -0.3 is 18.9 Å². The first-order chi connectivity index (χ1) is 13.3. The summed E-state index contributed by atoms with van der Waals surface area (Å²) in [7, 11) is 0. The molecule has 0 aromatic heterocycles. The van der Waals surface area contributed by atoms with Crippen LogP contribution in [0.3, 0.4) is 0 Å². The molecule has 28 heavy (non-hydrogen) atoms. The second-order valence-electron chi connectivity index (χ2n) is 6.75. The lowest BCUT2D eigenvalue weighted by atomic mass is 9.92. The highest BCUT2D eigenvalue weighted by Gasteiger charge is 2.37. The predicted octanol–water partition coefficient (Wildman–Crippen LogP) is 2.96. The lowest BCUT2D eigenvalue weighted by Gasteiger charge is -2.31. The van der Waals surface area contributed by atoms with Crippen LogP contribution in [-0.2, 0) is 38.1 Å². The van der Waals surface area contributed by atoms with Crippen LogP contribution >= 0.6 is 0 Å². The van der Waals surface area contributed by atoms with Crippen LogP contribution in [0.4, 0.5) is 0 Å². The highest BCUT2D eigenvalue weighted by Crippen LogP contribution is 2.22. The zero-order valence-electron chi connectivity index (χ0n) is 17.5. The molecule has 0 bridgehead atoms. The van der Waals surface area contributed by atoms with Crippen molar-refractivity contribution in [1.29, 1.82) is 0 Å².